The standard InChI is InChI=1S/C10H22N4S/c1-3-5-12-10(13-11)14-6-7-15-9(4-2)8-14/h9H,3-8,11H2,1-2H3,(H,12,13). The minimum Gasteiger partial charge on any atom is -0.340 e. The van der Waals surface area contributed by atoms with Crippen molar-refractivity contribution in [3.63, 3.8) is 0 Å². The van der Waals surface area contributed by atoms with Crippen LogP contribution in [0.15, 0.2) is 4.99 Å². The van der Waals surface area contributed by atoms with E-state index in [1.807, 2.05) is 0 Å². The zero-order chi connectivity index (χ0) is 11.1. The van der Waals surface area contributed by atoms with E-state index < -0.39 is 0 Å². The van der Waals surface area contributed by atoms with Gasteiger partial charge in [0.05, 0.1) is 0 Å². The highest BCUT2D eigenvalue weighted by Gasteiger charge is 2.20. The zero-order valence-electron chi connectivity index (χ0n) is 9.70. The summed E-state index contributed by atoms with van der Waals surface area (Å²) in [5.74, 6) is 7.53. The molecule has 0 spiro atoms. The van der Waals surface area contributed by atoms with Gasteiger partial charge in [0.15, 0.2) is 0 Å². The second-order valence-electron chi connectivity index (χ2n) is 3.70. The van der Waals surface area contributed by atoms with Crippen molar-refractivity contribution in [3.05, 3.63) is 0 Å². The summed E-state index contributed by atoms with van der Waals surface area (Å²) < 4.78 is 0. The molecule has 5 heteroatoms. The average Bonchev–Trinajstić information content (AvgIpc) is 2.30. The van der Waals surface area contributed by atoms with Crippen LogP contribution >= 0.6 is 11.8 Å². The molecule has 1 heterocycles. The maximum absolute atomic E-state index is 5.50. The summed E-state index contributed by atoms with van der Waals surface area (Å²) in [5, 5.41) is 0.721. The van der Waals surface area contributed by atoms with E-state index in [1.165, 1.54) is 12.2 Å². The Morgan fingerprint density at radius 3 is 3.00 bits per heavy atom. The van der Waals surface area contributed by atoms with E-state index in [0.29, 0.717) is 0 Å². The monoisotopic (exact) mass is 230 g/mol. The van der Waals surface area contributed by atoms with Gasteiger partial charge in [0.25, 0.3) is 0 Å². The molecule has 1 aliphatic heterocycles. The largest absolute Gasteiger partial charge is 0.340 e. The quantitative estimate of drug-likeness (QED) is 0.329. The van der Waals surface area contributed by atoms with Crippen LogP contribution in [0.1, 0.15) is 26.7 Å². The minimum atomic E-state index is 0.721. The lowest BCUT2D eigenvalue weighted by Crippen LogP contribution is -2.50. The molecule has 0 amide bonds. The highest BCUT2D eigenvalue weighted by Crippen LogP contribution is 2.20. The smallest absolute Gasteiger partial charge is 0.208 e. The molecule has 1 saturated heterocycles. The molecule has 0 saturated carbocycles. The topological polar surface area (TPSA) is 53.6 Å². The van der Waals surface area contributed by atoms with Crippen LogP contribution in [0.4, 0.5) is 0 Å². The molecule has 1 rings (SSSR count). The SMILES string of the molecule is CCCN=C(NN)N1CCSC(CC)C1. The molecule has 88 valence electrons. The molecule has 4 nitrogen and oxygen atoms in total. The van der Waals surface area contributed by atoms with Crippen LogP contribution in [0.2, 0.25) is 0 Å². The van der Waals surface area contributed by atoms with E-state index >= 15 is 0 Å². The number of nitrogens with two attached hydrogens (primary N) is 1. The fourth-order valence-corrected chi connectivity index (χ4v) is 2.79. The molecule has 0 aromatic carbocycles. The highest BCUT2D eigenvalue weighted by molar-refractivity contribution is 8.00. The molecule has 0 aromatic rings. The Kier molecular flexibility index (Phi) is 5.86. The molecule has 1 atom stereocenters. The first kappa shape index (κ1) is 12.6. The summed E-state index contributed by atoms with van der Waals surface area (Å²) in [5.41, 5.74) is 2.72. The van der Waals surface area contributed by atoms with Gasteiger partial charge in [-0.05, 0) is 12.8 Å². The van der Waals surface area contributed by atoms with E-state index in [4.69, 9.17) is 5.84 Å². The third kappa shape index (κ3) is 3.91. The number of hydrazine groups is 1. The predicted octanol–water partition coefficient (Wildman–Crippen LogP) is 1.04. The first-order chi connectivity index (χ1) is 7.31. The van der Waals surface area contributed by atoms with E-state index in [1.54, 1.807) is 0 Å². The third-order valence-corrected chi connectivity index (χ3v) is 3.88. The molecule has 15 heavy (non-hydrogen) atoms. The van der Waals surface area contributed by atoms with Crippen LogP contribution in [0.25, 0.3) is 0 Å². The van der Waals surface area contributed by atoms with Crippen LogP contribution in [0.5, 0.6) is 0 Å². The molecule has 0 bridgehead atoms. The van der Waals surface area contributed by atoms with Gasteiger partial charge in [-0.25, -0.2) is 5.84 Å². The molecule has 0 aliphatic carbocycles. The Labute approximate surface area is 96.7 Å². The van der Waals surface area contributed by atoms with Gasteiger partial charge in [-0.1, -0.05) is 13.8 Å². The molecule has 0 aromatic heterocycles. The first-order valence-corrected chi connectivity index (χ1v) is 6.74. The number of thioether (sulfide) groups is 1. The number of rotatable bonds is 3. The molecular formula is C10H22N4S. The van der Waals surface area contributed by atoms with Crippen LogP contribution in [-0.2, 0) is 0 Å². The van der Waals surface area contributed by atoms with Gasteiger partial charge < -0.3 is 4.90 Å². The Morgan fingerprint density at radius 1 is 1.60 bits per heavy atom. The van der Waals surface area contributed by atoms with Crippen molar-refractivity contribution in [2.24, 2.45) is 10.8 Å². The summed E-state index contributed by atoms with van der Waals surface area (Å²) in [6.45, 7) is 7.32. The number of nitrogens with zero attached hydrogens (tertiary/aromatic N) is 2. The van der Waals surface area contributed by atoms with Gasteiger partial charge in [-0.3, -0.25) is 10.4 Å². The van der Waals surface area contributed by atoms with E-state index in [0.717, 1.165) is 37.3 Å². The van der Waals surface area contributed by atoms with E-state index in [9.17, 15) is 0 Å². The van der Waals surface area contributed by atoms with Crippen molar-refractivity contribution in [3.8, 4) is 0 Å². The van der Waals surface area contributed by atoms with Crippen molar-refractivity contribution in [2.75, 3.05) is 25.4 Å². The Bertz CT molecular complexity index is 208. The zero-order valence-corrected chi connectivity index (χ0v) is 10.5. The van der Waals surface area contributed by atoms with Gasteiger partial charge in [-0.15, -0.1) is 0 Å². The second-order valence-corrected chi connectivity index (χ2v) is 5.10. The van der Waals surface area contributed by atoms with Crippen molar-refractivity contribution >= 4 is 17.7 Å². The molecule has 0 radical (unpaired) electrons. The predicted molar refractivity (Wildman–Crippen MR) is 68.0 cm³/mol. The van der Waals surface area contributed by atoms with Crippen LogP contribution in [-0.4, -0.2) is 41.5 Å². The maximum atomic E-state index is 5.50. The summed E-state index contributed by atoms with van der Waals surface area (Å²) in [6, 6.07) is 0. The second kappa shape index (κ2) is 6.95. The van der Waals surface area contributed by atoms with Crippen LogP contribution < -0.4 is 11.3 Å². The van der Waals surface area contributed by atoms with Gasteiger partial charge in [0, 0.05) is 30.6 Å². The lowest BCUT2D eigenvalue weighted by Gasteiger charge is -2.33. The molecule has 3 N–H and O–H groups in total. The molecular weight excluding hydrogens is 208 g/mol. The lowest BCUT2D eigenvalue weighted by atomic mass is 10.3. The number of nitrogens with one attached hydrogen (secondary N) is 1. The van der Waals surface area contributed by atoms with Crippen molar-refractivity contribution in [1.29, 1.82) is 0 Å². The Morgan fingerprint density at radius 2 is 2.40 bits per heavy atom. The average molecular weight is 230 g/mol. The fraction of sp³-hybridized carbons (Fsp3) is 0.900. The lowest BCUT2D eigenvalue weighted by molar-refractivity contribution is 0.408. The van der Waals surface area contributed by atoms with Gasteiger partial charge in [0.2, 0.25) is 5.96 Å². The fourth-order valence-electron chi connectivity index (χ4n) is 1.61. The van der Waals surface area contributed by atoms with E-state index in [-0.39, 0.29) is 0 Å². The normalized spacial score (nSPS) is 23.0. The number of hydrogen-bond donors (Lipinski definition) is 2. The van der Waals surface area contributed by atoms with Gasteiger partial charge in [-0.2, -0.15) is 11.8 Å². The molecule has 1 aliphatic rings. The number of hydrogen-bond acceptors (Lipinski definition) is 3. The number of aliphatic imine (C=N–C) groups is 1. The van der Waals surface area contributed by atoms with Crippen molar-refractivity contribution in [2.45, 2.75) is 31.9 Å². The maximum Gasteiger partial charge on any atom is 0.208 e. The van der Waals surface area contributed by atoms with Gasteiger partial charge >= 0.3 is 0 Å². The van der Waals surface area contributed by atoms with Crippen molar-refractivity contribution < 1.29 is 0 Å². The third-order valence-electron chi connectivity index (χ3n) is 2.51. The molecule has 1 fully saturated rings. The van der Waals surface area contributed by atoms with E-state index in [2.05, 4.69) is 40.9 Å². The first-order valence-electron chi connectivity index (χ1n) is 5.69. The van der Waals surface area contributed by atoms with Crippen LogP contribution in [0, 0.1) is 0 Å². The van der Waals surface area contributed by atoms with Gasteiger partial charge in [0.1, 0.15) is 0 Å². The van der Waals surface area contributed by atoms with Crippen molar-refractivity contribution in [1.82, 2.24) is 10.3 Å². The molecule has 1 unspecified atom stereocenters. The summed E-state index contributed by atoms with van der Waals surface area (Å²) in [4.78, 5) is 6.71. The number of guanidine groups is 1. The summed E-state index contributed by atoms with van der Waals surface area (Å²) in [7, 11) is 0. The Hall–Kier alpha value is -0.420. The Balaban J connectivity index is 2.51. The summed E-state index contributed by atoms with van der Waals surface area (Å²) in [6.07, 6.45) is 2.28. The highest BCUT2D eigenvalue weighted by atomic mass is 32.2. The van der Waals surface area contributed by atoms with Crippen LogP contribution in [0.3, 0.4) is 0 Å². The minimum absolute atomic E-state index is 0.721. The summed E-state index contributed by atoms with van der Waals surface area (Å²) >= 11 is 2.05.